The first-order valence-electron chi connectivity index (χ1n) is 9.47. The molecule has 144 valence electrons. The number of carbonyl (C=O) groups excluding carboxylic acids is 1. The number of aryl methyl sites for hydroxylation is 1. The van der Waals surface area contributed by atoms with Crippen molar-refractivity contribution in [1.82, 2.24) is 4.57 Å². The Morgan fingerprint density at radius 2 is 1.96 bits per heavy atom. The Labute approximate surface area is 164 Å². The Balaban J connectivity index is 2.10. The van der Waals surface area contributed by atoms with Gasteiger partial charge in [-0.15, -0.1) is 0 Å². The maximum absolute atomic E-state index is 11.8. The van der Waals surface area contributed by atoms with Gasteiger partial charge in [0, 0.05) is 23.7 Å². The minimum absolute atomic E-state index is 0.111. The zero-order chi connectivity index (χ0) is 20.1. The smallest absolute Gasteiger partial charge is 0.417 e. The molecule has 1 heterocycles. The third-order valence-corrected chi connectivity index (χ3v) is 4.65. The van der Waals surface area contributed by atoms with Crippen LogP contribution >= 0.6 is 0 Å². The van der Waals surface area contributed by atoms with Gasteiger partial charge in [-0.25, -0.2) is 4.79 Å². The predicted molar refractivity (Wildman–Crippen MR) is 110 cm³/mol. The number of aromatic nitrogens is 1. The van der Waals surface area contributed by atoms with Crippen molar-refractivity contribution < 1.29 is 14.8 Å². The molecule has 3 N–H and O–H groups in total. The number of quaternary nitrogens is 1. The van der Waals surface area contributed by atoms with Gasteiger partial charge < -0.3 is 9.30 Å². The molecule has 6 nitrogen and oxygen atoms in total. The van der Waals surface area contributed by atoms with Crippen LogP contribution in [0.2, 0.25) is 0 Å². The van der Waals surface area contributed by atoms with Crippen LogP contribution in [0.25, 0.3) is 22.2 Å². The number of hydrogen-bond donors (Lipinski definition) is 2. The molecule has 6 heteroatoms. The van der Waals surface area contributed by atoms with Crippen LogP contribution in [0.4, 0.5) is 10.5 Å². The number of carbonyl (C=O) groups is 1. The highest BCUT2D eigenvalue weighted by Gasteiger charge is 2.19. The van der Waals surface area contributed by atoms with Gasteiger partial charge >= 0.3 is 6.03 Å². The van der Waals surface area contributed by atoms with Crippen LogP contribution in [0, 0.1) is 11.3 Å². The topological polar surface area (TPSA) is 83.7 Å². The SMILES string of the molecule is CCCn1c(-c2ccc(NC(=O)[NH2+]CC)cc2)c(C#N)c2ccc(OC)cc21. The molecule has 2 amide bonds. The lowest BCUT2D eigenvalue weighted by molar-refractivity contribution is -0.548. The Morgan fingerprint density at radius 3 is 2.57 bits per heavy atom. The first-order chi connectivity index (χ1) is 13.6. The van der Waals surface area contributed by atoms with Crippen LogP contribution in [0.3, 0.4) is 0 Å². The molecule has 28 heavy (non-hydrogen) atoms. The first-order valence-corrected chi connectivity index (χ1v) is 9.47. The Bertz CT molecular complexity index is 1030. The van der Waals surface area contributed by atoms with Crippen molar-refractivity contribution in [2.75, 3.05) is 19.0 Å². The lowest BCUT2D eigenvalue weighted by Gasteiger charge is -2.11. The summed E-state index contributed by atoms with van der Waals surface area (Å²) in [7, 11) is 1.64. The molecule has 3 rings (SSSR count). The van der Waals surface area contributed by atoms with E-state index >= 15 is 0 Å². The maximum Gasteiger partial charge on any atom is 0.417 e. The molecule has 0 aliphatic carbocycles. The number of amides is 2. The molecular formula is C22H25N4O2+. The number of rotatable bonds is 6. The van der Waals surface area contributed by atoms with Gasteiger partial charge in [0.15, 0.2) is 0 Å². The van der Waals surface area contributed by atoms with Crippen LogP contribution in [-0.2, 0) is 6.54 Å². The second-order valence-corrected chi connectivity index (χ2v) is 6.55. The van der Waals surface area contributed by atoms with Gasteiger partial charge in [-0.1, -0.05) is 19.1 Å². The van der Waals surface area contributed by atoms with Crippen LogP contribution < -0.4 is 15.4 Å². The summed E-state index contributed by atoms with van der Waals surface area (Å²) in [5.41, 5.74) is 4.21. The van der Waals surface area contributed by atoms with E-state index in [4.69, 9.17) is 4.74 Å². The number of urea groups is 1. The van der Waals surface area contributed by atoms with E-state index in [1.54, 1.807) is 12.4 Å². The molecule has 0 spiro atoms. The quantitative estimate of drug-likeness (QED) is 0.687. The fraction of sp³-hybridized carbons (Fsp3) is 0.273. The lowest BCUT2D eigenvalue weighted by atomic mass is 10.1. The second kappa shape index (κ2) is 8.59. The van der Waals surface area contributed by atoms with Crippen molar-refractivity contribution in [2.45, 2.75) is 26.8 Å². The van der Waals surface area contributed by atoms with Crippen molar-refractivity contribution in [3.8, 4) is 23.1 Å². The summed E-state index contributed by atoms with van der Waals surface area (Å²) < 4.78 is 7.55. The number of nitrogens with zero attached hydrogens (tertiary/aromatic N) is 2. The van der Waals surface area contributed by atoms with Crippen LogP contribution in [0.15, 0.2) is 42.5 Å². The van der Waals surface area contributed by atoms with E-state index in [2.05, 4.69) is 22.9 Å². The lowest BCUT2D eigenvalue weighted by Crippen LogP contribution is -2.88. The van der Waals surface area contributed by atoms with Gasteiger partial charge in [0.1, 0.15) is 11.8 Å². The van der Waals surface area contributed by atoms with Crippen molar-refractivity contribution in [3.05, 3.63) is 48.0 Å². The number of nitrogens with two attached hydrogens (primary N) is 1. The predicted octanol–water partition coefficient (Wildman–Crippen LogP) is 3.71. The van der Waals surface area contributed by atoms with Crippen molar-refractivity contribution in [2.24, 2.45) is 0 Å². The van der Waals surface area contributed by atoms with Gasteiger partial charge in [0.05, 0.1) is 30.4 Å². The standard InChI is InChI=1S/C22H24N4O2/c1-4-12-26-20-13-17(28-3)10-11-18(20)19(14-23)21(26)15-6-8-16(9-7-15)25-22(27)24-5-2/h6-11,13H,4-5,12H2,1-3H3,(H2,24,25,27)/p+1. The van der Waals surface area contributed by atoms with Gasteiger partial charge in [-0.3, -0.25) is 10.6 Å². The molecule has 0 radical (unpaired) electrons. The summed E-state index contributed by atoms with van der Waals surface area (Å²) in [6.07, 6.45) is 0.944. The molecule has 0 aliphatic rings. The zero-order valence-electron chi connectivity index (χ0n) is 16.5. The Kier molecular flexibility index (Phi) is 5.97. The third kappa shape index (κ3) is 3.71. The number of hydrogen-bond acceptors (Lipinski definition) is 3. The highest BCUT2D eigenvalue weighted by Crippen LogP contribution is 2.35. The van der Waals surface area contributed by atoms with E-state index < -0.39 is 0 Å². The van der Waals surface area contributed by atoms with Gasteiger partial charge in [-0.2, -0.15) is 5.26 Å². The largest absolute Gasteiger partial charge is 0.497 e. The normalized spacial score (nSPS) is 10.6. The highest BCUT2D eigenvalue weighted by molar-refractivity contribution is 5.95. The number of nitrogens with one attached hydrogen (secondary N) is 1. The van der Waals surface area contributed by atoms with Crippen molar-refractivity contribution >= 4 is 22.6 Å². The average Bonchev–Trinajstić information content (AvgIpc) is 3.01. The molecule has 3 aromatic rings. The second-order valence-electron chi connectivity index (χ2n) is 6.55. The number of nitriles is 1. The molecule has 2 aromatic carbocycles. The van der Waals surface area contributed by atoms with Gasteiger partial charge in [0.25, 0.3) is 0 Å². The Hall–Kier alpha value is -3.30. The van der Waals surface area contributed by atoms with Crippen LogP contribution in [-0.4, -0.2) is 24.3 Å². The fourth-order valence-corrected chi connectivity index (χ4v) is 3.42. The molecule has 0 saturated carbocycles. The summed E-state index contributed by atoms with van der Waals surface area (Å²) >= 11 is 0. The highest BCUT2D eigenvalue weighted by atomic mass is 16.5. The van der Waals surface area contributed by atoms with E-state index in [-0.39, 0.29) is 6.03 Å². The minimum atomic E-state index is -0.111. The average molecular weight is 377 g/mol. The fourth-order valence-electron chi connectivity index (χ4n) is 3.42. The van der Waals surface area contributed by atoms with Crippen LogP contribution in [0.5, 0.6) is 5.75 Å². The van der Waals surface area contributed by atoms with E-state index in [0.717, 1.165) is 46.6 Å². The maximum atomic E-state index is 11.8. The monoisotopic (exact) mass is 377 g/mol. The molecular weight excluding hydrogens is 352 g/mol. The number of primary amides is 1. The first kappa shape index (κ1) is 19.5. The summed E-state index contributed by atoms with van der Waals surface area (Å²) in [5, 5.41) is 15.2. The van der Waals surface area contributed by atoms with Gasteiger partial charge in [-0.05, 0) is 43.2 Å². The molecule has 1 aromatic heterocycles. The van der Waals surface area contributed by atoms with Gasteiger partial charge in [0.2, 0.25) is 0 Å². The molecule has 0 atom stereocenters. The summed E-state index contributed by atoms with van der Waals surface area (Å²) in [4.78, 5) is 11.8. The summed E-state index contributed by atoms with van der Waals surface area (Å²) in [6, 6.07) is 15.7. The molecule has 0 saturated heterocycles. The van der Waals surface area contributed by atoms with E-state index in [9.17, 15) is 10.1 Å². The third-order valence-electron chi connectivity index (χ3n) is 4.65. The molecule has 0 fully saturated rings. The van der Waals surface area contributed by atoms with Crippen molar-refractivity contribution in [3.63, 3.8) is 0 Å². The molecule has 0 aliphatic heterocycles. The summed E-state index contributed by atoms with van der Waals surface area (Å²) in [6.45, 7) is 5.53. The number of methoxy groups -OCH3 is 1. The zero-order valence-corrected chi connectivity index (χ0v) is 16.5. The number of benzene rings is 2. The molecule has 0 unspecified atom stereocenters. The van der Waals surface area contributed by atoms with Crippen LogP contribution in [0.1, 0.15) is 25.8 Å². The van der Waals surface area contributed by atoms with Crippen molar-refractivity contribution in [1.29, 1.82) is 5.26 Å². The van der Waals surface area contributed by atoms with E-state index in [1.165, 1.54) is 0 Å². The van der Waals surface area contributed by atoms with E-state index in [1.807, 2.05) is 49.4 Å². The number of fused-ring (bicyclic) bond motifs is 1. The minimum Gasteiger partial charge on any atom is -0.497 e. The molecule has 0 bridgehead atoms. The van der Waals surface area contributed by atoms with E-state index in [0.29, 0.717) is 12.1 Å². The number of ether oxygens (including phenoxy) is 1. The number of anilines is 1. The summed E-state index contributed by atoms with van der Waals surface area (Å²) in [5.74, 6) is 0.767. The Morgan fingerprint density at radius 1 is 1.21 bits per heavy atom.